The van der Waals surface area contributed by atoms with E-state index in [-0.39, 0.29) is 18.0 Å². The predicted octanol–water partition coefficient (Wildman–Crippen LogP) is 4.02. The molecule has 4 rings (SSSR count). The quantitative estimate of drug-likeness (QED) is 0.813. The molecule has 0 N–H and O–H groups in total. The monoisotopic (exact) mass is 372 g/mol. The minimum Gasteiger partial charge on any atom is -0.357 e. The molecule has 2 bridgehead atoms. The van der Waals surface area contributed by atoms with Gasteiger partial charge in [0, 0.05) is 18.2 Å². The van der Waals surface area contributed by atoms with Gasteiger partial charge < -0.3 is 4.52 Å². The number of aryl methyl sites for hydroxylation is 1. The summed E-state index contributed by atoms with van der Waals surface area (Å²) in [5.41, 5.74) is 1.07. The molecule has 0 spiro atoms. The van der Waals surface area contributed by atoms with Gasteiger partial charge in [-0.2, -0.15) is 4.31 Å². The van der Waals surface area contributed by atoms with Crippen molar-refractivity contribution in [1.82, 2.24) is 9.46 Å². The number of hydrogen-bond donors (Lipinski definition) is 0. The Morgan fingerprint density at radius 3 is 2.65 bits per heavy atom. The zero-order chi connectivity index (χ0) is 18.1. The predicted molar refractivity (Wildman–Crippen MR) is 99.9 cm³/mol. The SMILES string of the molecule is Cc1ccc(S(=O)(=O)N2C3CCCC(/C=C\c4ccno4)C2CC3)cc1. The summed E-state index contributed by atoms with van der Waals surface area (Å²) in [6.07, 6.45) is 10.5. The first-order valence-electron chi connectivity index (χ1n) is 9.25. The van der Waals surface area contributed by atoms with Crippen LogP contribution in [-0.4, -0.2) is 30.0 Å². The molecule has 2 aliphatic rings. The average molecular weight is 372 g/mol. The molecule has 2 fully saturated rings. The second-order valence-corrected chi connectivity index (χ2v) is 9.16. The Hall–Kier alpha value is -1.92. The second-order valence-electron chi connectivity index (χ2n) is 7.32. The number of rotatable bonds is 4. The highest BCUT2D eigenvalue weighted by Gasteiger charge is 2.46. The van der Waals surface area contributed by atoms with Crippen LogP contribution in [0.15, 0.2) is 52.0 Å². The first-order chi connectivity index (χ1) is 12.6. The van der Waals surface area contributed by atoms with Crippen molar-refractivity contribution in [1.29, 1.82) is 0 Å². The van der Waals surface area contributed by atoms with Crippen LogP contribution in [0.25, 0.3) is 6.08 Å². The van der Waals surface area contributed by atoms with Crippen molar-refractivity contribution >= 4 is 16.1 Å². The van der Waals surface area contributed by atoms with Gasteiger partial charge in [0.25, 0.3) is 0 Å². The molecule has 5 nitrogen and oxygen atoms in total. The summed E-state index contributed by atoms with van der Waals surface area (Å²) in [5, 5.41) is 3.72. The Bertz CT molecular complexity index is 872. The lowest BCUT2D eigenvalue weighted by molar-refractivity contribution is 0.295. The molecule has 3 heterocycles. The number of hydrogen-bond acceptors (Lipinski definition) is 4. The third-order valence-electron chi connectivity index (χ3n) is 5.61. The number of nitrogens with zero attached hydrogens (tertiary/aromatic N) is 2. The van der Waals surface area contributed by atoms with Gasteiger partial charge >= 0.3 is 0 Å². The number of sulfonamides is 1. The van der Waals surface area contributed by atoms with Crippen LogP contribution in [0.2, 0.25) is 0 Å². The summed E-state index contributed by atoms with van der Waals surface area (Å²) in [4.78, 5) is 0.403. The highest BCUT2D eigenvalue weighted by Crippen LogP contribution is 2.41. The van der Waals surface area contributed by atoms with Gasteiger partial charge in [-0.15, -0.1) is 0 Å². The van der Waals surface area contributed by atoms with Crippen LogP contribution in [0.5, 0.6) is 0 Å². The van der Waals surface area contributed by atoms with E-state index in [9.17, 15) is 8.42 Å². The Labute approximate surface area is 154 Å². The summed E-state index contributed by atoms with van der Waals surface area (Å²) < 4.78 is 33.7. The Morgan fingerprint density at radius 2 is 1.92 bits per heavy atom. The van der Waals surface area contributed by atoms with E-state index in [0.717, 1.165) is 37.7 Å². The molecular formula is C20H24N2O3S. The minimum atomic E-state index is -3.48. The molecule has 2 saturated heterocycles. The maximum atomic E-state index is 13.4. The van der Waals surface area contributed by atoms with E-state index in [1.54, 1.807) is 22.6 Å². The normalized spacial score (nSPS) is 27.0. The molecular weight excluding hydrogens is 348 g/mol. The van der Waals surface area contributed by atoms with E-state index in [1.807, 2.05) is 31.2 Å². The average Bonchev–Trinajstić information content (AvgIpc) is 3.23. The molecule has 138 valence electrons. The summed E-state index contributed by atoms with van der Waals surface area (Å²) in [5.74, 6) is 0.907. The maximum Gasteiger partial charge on any atom is 0.243 e. The van der Waals surface area contributed by atoms with Crippen LogP contribution in [0.4, 0.5) is 0 Å². The van der Waals surface area contributed by atoms with Gasteiger partial charge in [-0.05, 0) is 56.7 Å². The van der Waals surface area contributed by atoms with Crippen molar-refractivity contribution in [2.24, 2.45) is 5.92 Å². The Morgan fingerprint density at radius 1 is 1.12 bits per heavy atom. The third-order valence-corrected chi connectivity index (χ3v) is 7.61. The molecule has 0 saturated carbocycles. The lowest BCUT2D eigenvalue weighted by atomic mass is 9.90. The summed E-state index contributed by atoms with van der Waals surface area (Å²) in [6, 6.07) is 9.15. The molecule has 6 heteroatoms. The molecule has 2 aliphatic heterocycles. The molecule has 0 radical (unpaired) electrons. The summed E-state index contributed by atoms with van der Waals surface area (Å²) in [7, 11) is -3.48. The molecule has 26 heavy (non-hydrogen) atoms. The van der Waals surface area contributed by atoms with Crippen LogP contribution in [0.3, 0.4) is 0 Å². The third kappa shape index (κ3) is 3.23. The van der Waals surface area contributed by atoms with Crippen molar-refractivity contribution in [3.8, 4) is 0 Å². The van der Waals surface area contributed by atoms with Crippen molar-refractivity contribution in [2.75, 3.05) is 0 Å². The van der Waals surface area contributed by atoms with E-state index < -0.39 is 10.0 Å². The molecule has 2 aromatic rings. The van der Waals surface area contributed by atoms with Gasteiger partial charge in [-0.3, -0.25) is 0 Å². The first kappa shape index (κ1) is 17.5. The topological polar surface area (TPSA) is 63.4 Å². The van der Waals surface area contributed by atoms with Gasteiger partial charge in [-0.1, -0.05) is 35.3 Å². The zero-order valence-corrected chi connectivity index (χ0v) is 15.7. The second kappa shape index (κ2) is 7.00. The van der Waals surface area contributed by atoms with E-state index >= 15 is 0 Å². The van der Waals surface area contributed by atoms with E-state index in [4.69, 9.17) is 4.52 Å². The lowest BCUT2D eigenvalue weighted by Gasteiger charge is -2.30. The maximum absolute atomic E-state index is 13.4. The van der Waals surface area contributed by atoms with E-state index in [2.05, 4.69) is 11.2 Å². The molecule has 3 unspecified atom stereocenters. The fourth-order valence-corrected chi connectivity index (χ4v) is 6.25. The van der Waals surface area contributed by atoms with E-state index in [1.165, 1.54) is 0 Å². The van der Waals surface area contributed by atoms with Crippen molar-refractivity contribution < 1.29 is 12.9 Å². The standard InChI is InChI=1S/C20H24N2O3S/c1-15-5-10-19(11-6-15)26(23,24)22-17-4-2-3-16(20(22)12-8-17)7-9-18-13-14-21-25-18/h5-7,9-11,13-14,16-17,20H,2-4,8,12H2,1H3/b9-7-. The van der Waals surface area contributed by atoms with Crippen LogP contribution in [-0.2, 0) is 10.0 Å². The lowest BCUT2D eigenvalue weighted by Crippen LogP contribution is -2.42. The zero-order valence-electron chi connectivity index (χ0n) is 14.9. The van der Waals surface area contributed by atoms with Gasteiger partial charge in [-0.25, -0.2) is 8.42 Å². The van der Waals surface area contributed by atoms with Crippen molar-refractivity contribution in [2.45, 2.75) is 56.0 Å². The van der Waals surface area contributed by atoms with Gasteiger partial charge in [0.1, 0.15) is 0 Å². The Kier molecular flexibility index (Phi) is 4.71. The fraction of sp³-hybridized carbons (Fsp3) is 0.450. The molecule has 0 amide bonds. The van der Waals surface area contributed by atoms with E-state index in [0.29, 0.717) is 10.7 Å². The molecule has 1 aromatic carbocycles. The fourth-order valence-electron chi connectivity index (χ4n) is 4.31. The summed E-state index contributed by atoms with van der Waals surface area (Å²) >= 11 is 0. The minimum absolute atomic E-state index is 0.0213. The van der Waals surface area contributed by atoms with Crippen molar-refractivity contribution in [3.63, 3.8) is 0 Å². The van der Waals surface area contributed by atoms with Crippen LogP contribution < -0.4 is 0 Å². The van der Waals surface area contributed by atoms with Crippen LogP contribution >= 0.6 is 0 Å². The number of aromatic nitrogens is 1. The largest absolute Gasteiger partial charge is 0.357 e. The first-order valence-corrected chi connectivity index (χ1v) is 10.7. The molecule has 0 aliphatic carbocycles. The molecule has 3 atom stereocenters. The van der Waals surface area contributed by atoms with Crippen LogP contribution in [0.1, 0.15) is 43.4 Å². The Balaban J connectivity index is 1.65. The summed E-state index contributed by atoms with van der Waals surface area (Å²) in [6.45, 7) is 1.97. The van der Waals surface area contributed by atoms with Crippen molar-refractivity contribution in [3.05, 3.63) is 53.9 Å². The number of fused-ring (bicyclic) bond motifs is 2. The van der Waals surface area contributed by atoms with Gasteiger partial charge in [0.05, 0.1) is 11.1 Å². The number of benzene rings is 1. The van der Waals surface area contributed by atoms with Gasteiger partial charge in [0.15, 0.2) is 5.76 Å². The smallest absolute Gasteiger partial charge is 0.243 e. The highest BCUT2D eigenvalue weighted by atomic mass is 32.2. The molecule has 1 aromatic heterocycles. The van der Waals surface area contributed by atoms with Crippen LogP contribution in [0, 0.1) is 12.8 Å². The van der Waals surface area contributed by atoms with Gasteiger partial charge in [0.2, 0.25) is 10.0 Å². The highest BCUT2D eigenvalue weighted by molar-refractivity contribution is 7.89.